The minimum Gasteiger partial charge on any atom is -0.488 e. The number of hydrogen-bond donors (Lipinski definition) is 0. The fourth-order valence-corrected chi connectivity index (χ4v) is 1.68. The molecule has 0 aromatic heterocycles. The second-order valence-electron chi connectivity index (χ2n) is 3.83. The van der Waals surface area contributed by atoms with Gasteiger partial charge in [0.1, 0.15) is 12.4 Å². The lowest BCUT2D eigenvalue weighted by atomic mass is 10.2. The molecule has 0 bridgehead atoms. The second kappa shape index (κ2) is 5.77. The molecular weight excluding hydrogens is 246 g/mol. The van der Waals surface area contributed by atoms with Crippen molar-refractivity contribution in [1.82, 2.24) is 0 Å². The predicted octanol–water partition coefficient (Wildman–Crippen LogP) is 2.99. The molecule has 0 unspecified atom stereocenters. The molecule has 0 N–H and O–H groups in total. The number of rotatable bonds is 5. The third kappa shape index (κ3) is 2.95. The molecule has 0 spiro atoms. The van der Waals surface area contributed by atoms with Crippen molar-refractivity contribution in [3.63, 3.8) is 0 Å². The zero-order valence-electron chi connectivity index (χ0n) is 9.98. The number of aldehydes is 1. The SMILES string of the molecule is O=Cc1ccccc1OCc1ccccc1[N+](=O)[O-]. The smallest absolute Gasteiger partial charge is 0.276 e. The molecule has 0 saturated heterocycles. The molecule has 0 aliphatic carbocycles. The summed E-state index contributed by atoms with van der Waals surface area (Å²) in [6, 6.07) is 13.1. The van der Waals surface area contributed by atoms with Crippen LogP contribution in [-0.2, 0) is 6.61 Å². The van der Waals surface area contributed by atoms with E-state index >= 15 is 0 Å². The molecule has 5 nitrogen and oxygen atoms in total. The Morgan fingerprint density at radius 2 is 1.79 bits per heavy atom. The third-order valence-corrected chi connectivity index (χ3v) is 2.62. The van der Waals surface area contributed by atoms with E-state index in [0.29, 0.717) is 23.2 Å². The highest BCUT2D eigenvalue weighted by Crippen LogP contribution is 2.22. The number of carbonyl (C=O) groups is 1. The lowest BCUT2D eigenvalue weighted by Crippen LogP contribution is -2.01. The highest BCUT2D eigenvalue weighted by atomic mass is 16.6. The molecule has 96 valence electrons. The molecule has 0 aliphatic heterocycles. The Balaban J connectivity index is 2.19. The monoisotopic (exact) mass is 257 g/mol. The van der Waals surface area contributed by atoms with Crippen molar-refractivity contribution in [3.05, 3.63) is 69.8 Å². The highest BCUT2D eigenvalue weighted by Gasteiger charge is 2.13. The van der Waals surface area contributed by atoms with Crippen molar-refractivity contribution in [1.29, 1.82) is 0 Å². The Hall–Kier alpha value is -2.69. The van der Waals surface area contributed by atoms with Gasteiger partial charge in [-0.15, -0.1) is 0 Å². The molecule has 0 atom stereocenters. The summed E-state index contributed by atoms with van der Waals surface area (Å²) >= 11 is 0. The van der Waals surface area contributed by atoms with Crippen molar-refractivity contribution in [2.24, 2.45) is 0 Å². The summed E-state index contributed by atoms with van der Waals surface area (Å²) in [6.45, 7) is 0.0437. The van der Waals surface area contributed by atoms with Gasteiger partial charge < -0.3 is 4.74 Å². The number of nitrogens with zero attached hydrogens (tertiary/aromatic N) is 1. The Kier molecular flexibility index (Phi) is 3.87. The lowest BCUT2D eigenvalue weighted by molar-refractivity contribution is -0.385. The molecule has 0 fully saturated rings. The number of hydrogen-bond acceptors (Lipinski definition) is 4. The highest BCUT2D eigenvalue weighted by molar-refractivity contribution is 5.79. The third-order valence-electron chi connectivity index (χ3n) is 2.62. The van der Waals surface area contributed by atoms with E-state index in [1.54, 1.807) is 42.5 Å². The number of para-hydroxylation sites is 2. The van der Waals surface area contributed by atoms with Crippen LogP contribution in [-0.4, -0.2) is 11.2 Å². The van der Waals surface area contributed by atoms with Crippen LogP contribution in [0, 0.1) is 10.1 Å². The molecule has 0 amide bonds. The van der Waals surface area contributed by atoms with E-state index < -0.39 is 4.92 Å². The molecule has 0 radical (unpaired) electrons. The van der Waals surface area contributed by atoms with Crippen LogP contribution in [0.3, 0.4) is 0 Å². The zero-order valence-corrected chi connectivity index (χ0v) is 9.98. The van der Waals surface area contributed by atoms with Gasteiger partial charge in [0.2, 0.25) is 0 Å². The number of ether oxygens (including phenoxy) is 1. The first-order valence-corrected chi connectivity index (χ1v) is 5.61. The maximum atomic E-state index is 10.9. The molecule has 0 aliphatic rings. The number of nitro groups is 1. The van der Waals surface area contributed by atoms with Gasteiger partial charge in [0.15, 0.2) is 6.29 Å². The van der Waals surface area contributed by atoms with E-state index in [1.165, 1.54) is 6.07 Å². The van der Waals surface area contributed by atoms with Crippen molar-refractivity contribution in [2.75, 3.05) is 0 Å². The molecule has 19 heavy (non-hydrogen) atoms. The average molecular weight is 257 g/mol. The van der Waals surface area contributed by atoms with Crippen LogP contribution in [0.4, 0.5) is 5.69 Å². The summed E-state index contributed by atoms with van der Waals surface area (Å²) in [5.41, 5.74) is 0.889. The van der Waals surface area contributed by atoms with Gasteiger partial charge in [0.05, 0.1) is 16.1 Å². The molecular formula is C14H11NO4. The summed E-state index contributed by atoms with van der Waals surface area (Å²) in [5.74, 6) is 0.413. The Morgan fingerprint density at radius 1 is 1.11 bits per heavy atom. The first-order valence-electron chi connectivity index (χ1n) is 5.61. The van der Waals surface area contributed by atoms with Crippen LogP contribution in [0.1, 0.15) is 15.9 Å². The van der Waals surface area contributed by atoms with Crippen LogP contribution in [0.15, 0.2) is 48.5 Å². The fourth-order valence-electron chi connectivity index (χ4n) is 1.68. The molecule has 5 heteroatoms. The first-order chi connectivity index (χ1) is 9.22. The Morgan fingerprint density at radius 3 is 2.53 bits per heavy atom. The average Bonchev–Trinajstić information content (AvgIpc) is 2.45. The summed E-state index contributed by atoms with van der Waals surface area (Å²) < 4.78 is 5.47. The predicted molar refractivity (Wildman–Crippen MR) is 69.3 cm³/mol. The van der Waals surface area contributed by atoms with Gasteiger partial charge in [-0.25, -0.2) is 0 Å². The molecule has 2 aromatic rings. The summed E-state index contributed by atoms with van der Waals surface area (Å²) in [7, 11) is 0. The van der Waals surface area contributed by atoms with Crippen molar-refractivity contribution in [3.8, 4) is 5.75 Å². The molecule has 2 aromatic carbocycles. The fraction of sp³-hybridized carbons (Fsp3) is 0.0714. The van der Waals surface area contributed by atoms with Crippen LogP contribution in [0.2, 0.25) is 0 Å². The van der Waals surface area contributed by atoms with E-state index in [-0.39, 0.29) is 12.3 Å². The van der Waals surface area contributed by atoms with E-state index in [9.17, 15) is 14.9 Å². The second-order valence-corrected chi connectivity index (χ2v) is 3.83. The zero-order chi connectivity index (χ0) is 13.7. The van der Waals surface area contributed by atoms with E-state index in [2.05, 4.69) is 0 Å². The number of benzene rings is 2. The minimum atomic E-state index is -0.454. The molecule has 2 rings (SSSR count). The van der Waals surface area contributed by atoms with Gasteiger partial charge in [-0.3, -0.25) is 14.9 Å². The minimum absolute atomic E-state index is 0.00563. The summed E-state index contributed by atoms with van der Waals surface area (Å²) in [5, 5.41) is 10.9. The van der Waals surface area contributed by atoms with Gasteiger partial charge in [0.25, 0.3) is 5.69 Å². The van der Waals surface area contributed by atoms with Crippen LogP contribution < -0.4 is 4.74 Å². The standard InChI is InChI=1S/C14H11NO4/c16-9-11-5-2-4-8-14(11)19-10-12-6-1-3-7-13(12)15(17)18/h1-9H,10H2. The van der Waals surface area contributed by atoms with Gasteiger partial charge in [-0.2, -0.15) is 0 Å². The van der Waals surface area contributed by atoms with E-state index in [4.69, 9.17) is 4.74 Å². The lowest BCUT2D eigenvalue weighted by Gasteiger charge is -2.08. The number of carbonyl (C=O) groups excluding carboxylic acids is 1. The summed E-state index contributed by atoms with van der Waals surface area (Å²) in [6.07, 6.45) is 0.689. The van der Waals surface area contributed by atoms with Crippen LogP contribution in [0.5, 0.6) is 5.75 Å². The normalized spacial score (nSPS) is 9.89. The maximum Gasteiger partial charge on any atom is 0.276 e. The first kappa shape index (κ1) is 12.8. The van der Waals surface area contributed by atoms with Crippen molar-refractivity contribution < 1.29 is 14.5 Å². The molecule has 0 saturated carbocycles. The van der Waals surface area contributed by atoms with Crippen molar-refractivity contribution in [2.45, 2.75) is 6.61 Å². The summed E-state index contributed by atoms with van der Waals surface area (Å²) in [4.78, 5) is 21.2. The number of nitro benzene ring substituents is 1. The van der Waals surface area contributed by atoms with Gasteiger partial charge in [-0.05, 0) is 18.2 Å². The van der Waals surface area contributed by atoms with Gasteiger partial charge in [-0.1, -0.05) is 24.3 Å². The van der Waals surface area contributed by atoms with E-state index in [1.807, 2.05) is 0 Å². The van der Waals surface area contributed by atoms with E-state index in [0.717, 1.165) is 0 Å². The molecule has 0 heterocycles. The van der Waals surface area contributed by atoms with Crippen molar-refractivity contribution >= 4 is 12.0 Å². The van der Waals surface area contributed by atoms with Gasteiger partial charge in [0, 0.05) is 6.07 Å². The maximum absolute atomic E-state index is 10.9. The van der Waals surface area contributed by atoms with Crippen LogP contribution in [0.25, 0.3) is 0 Å². The van der Waals surface area contributed by atoms with Crippen LogP contribution >= 0.6 is 0 Å². The Labute approximate surface area is 109 Å². The topological polar surface area (TPSA) is 69.4 Å². The largest absolute Gasteiger partial charge is 0.488 e. The van der Waals surface area contributed by atoms with Gasteiger partial charge >= 0.3 is 0 Å². The Bertz CT molecular complexity index is 610. The quantitative estimate of drug-likeness (QED) is 0.469.